The van der Waals surface area contributed by atoms with Crippen LogP contribution in [0.15, 0.2) is 24.3 Å². The third-order valence-electron chi connectivity index (χ3n) is 2.86. The molecule has 0 heterocycles. The van der Waals surface area contributed by atoms with Gasteiger partial charge in [-0.25, -0.2) is 0 Å². The molecular weight excluding hydrogens is 212 g/mol. The van der Waals surface area contributed by atoms with Gasteiger partial charge in [-0.1, -0.05) is 19.9 Å². The minimum atomic E-state index is -0.0200. The number of amides is 1. The maximum Gasteiger partial charge on any atom is 0.251 e. The molecule has 1 atom stereocenters. The molecule has 0 saturated carbocycles. The third-order valence-corrected chi connectivity index (χ3v) is 2.86. The average Bonchev–Trinajstić information content (AvgIpc) is 2.29. The van der Waals surface area contributed by atoms with Crippen molar-refractivity contribution in [2.24, 2.45) is 5.92 Å². The normalized spacial score (nSPS) is 12.3. The zero-order chi connectivity index (χ0) is 12.8. The summed E-state index contributed by atoms with van der Waals surface area (Å²) in [7, 11) is 0. The lowest BCUT2D eigenvalue weighted by atomic mass is 10.1. The highest BCUT2D eigenvalue weighted by Crippen LogP contribution is 2.14. The number of carbonyl (C=O) groups excluding carboxylic acids is 1. The Morgan fingerprint density at radius 3 is 2.59 bits per heavy atom. The van der Waals surface area contributed by atoms with Gasteiger partial charge in [0, 0.05) is 23.8 Å². The summed E-state index contributed by atoms with van der Waals surface area (Å²) in [5.41, 5.74) is 1.70. The van der Waals surface area contributed by atoms with Gasteiger partial charge in [0.2, 0.25) is 0 Å². The number of rotatable bonds is 5. The van der Waals surface area contributed by atoms with Crippen LogP contribution in [0.3, 0.4) is 0 Å². The van der Waals surface area contributed by atoms with Gasteiger partial charge in [-0.2, -0.15) is 0 Å². The van der Waals surface area contributed by atoms with E-state index in [9.17, 15) is 4.79 Å². The Morgan fingerprint density at radius 2 is 2.00 bits per heavy atom. The standard InChI is InChI=1S/C14H22N2O/c1-5-15-14(17)12-7-6-8-13(9-12)16-11(4)10(2)3/h6-11,16H,5H2,1-4H3,(H,15,17). The smallest absolute Gasteiger partial charge is 0.251 e. The van der Waals surface area contributed by atoms with Gasteiger partial charge in [0.05, 0.1) is 0 Å². The first kappa shape index (κ1) is 13.6. The first-order valence-corrected chi connectivity index (χ1v) is 6.19. The second kappa shape index (κ2) is 6.28. The molecule has 0 bridgehead atoms. The highest BCUT2D eigenvalue weighted by molar-refractivity contribution is 5.95. The largest absolute Gasteiger partial charge is 0.382 e. The number of carbonyl (C=O) groups is 1. The summed E-state index contributed by atoms with van der Waals surface area (Å²) in [5, 5.41) is 6.20. The maximum atomic E-state index is 11.7. The highest BCUT2D eigenvalue weighted by Gasteiger charge is 2.08. The molecular formula is C14H22N2O. The molecule has 1 rings (SSSR count). The van der Waals surface area contributed by atoms with E-state index in [1.807, 2.05) is 31.2 Å². The lowest BCUT2D eigenvalue weighted by Crippen LogP contribution is -2.24. The van der Waals surface area contributed by atoms with E-state index in [2.05, 4.69) is 31.4 Å². The number of nitrogens with one attached hydrogen (secondary N) is 2. The number of hydrogen-bond acceptors (Lipinski definition) is 2. The zero-order valence-corrected chi connectivity index (χ0v) is 11.1. The lowest BCUT2D eigenvalue weighted by Gasteiger charge is -2.19. The minimum absolute atomic E-state index is 0.0200. The van der Waals surface area contributed by atoms with Crippen molar-refractivity contribution in [1.82, 2.24) is 5.32 Å². The Balaban J connectivity index is 2.75. The number of anilines is 1. The lowest BCUT2D eigenvalue weighted by molar-refractivity contribution is 0.0956. The van der Waals surface area contributed by atoms with E-state index in [1.165, 1.54) is 0 Å². The fourth-order valence-electron chi connectivity index (χ4n) is 1.44. The molecule has 1 aromatic rings. The summed E-state index contributed by atoms with van der Waals surface area (Å²) in [6.07, 6.45) is 0. The van der Waals surface area contributed by atoms with E-state index in [1.54, 1.807) is 0 Å². The van der Waals surface area contributed by atoms with Crippen molar-refractivity contribution in [2.45, 2.75) is 33.7 Å². The van der Waals surface area contributed by atoms with E-state index in [0.29, 0.717) is 24.1 Å². The Kier molecular flexibility index (Phi) is 5.01. The summed E-state index contributed by atoms with van der Waals surface area (Å²) < 4.78 is 0. The van der Waals surface area contributed by atoms with Crippen molar-refractivity contribution in [2.75, 3.05) is 11.9 Å². The molecule has 0 aromatic heterocycles. The van der Waals surface area contributed by atoms with Gasteiger partial charge in [-0.3, -0.25) is 4.79 Å². The molecule has 0 spiro atoms. The van der Waals surface area contributed by atoms with Crippen molar-refractivity contribution in [3.63, 3.8) is 0 Å². The highest BCUT2D eigenvalue weighted by atomic mass is 16.1. The van der Waals surface area contributed by atoms with Crippen LogP contribution in [0.5, 0.6) is 0 Å². The molecule has 2 N–H and O–H groups in total. The maximum absolute atomic E-state index is 11.7. The van der Waals surface area contributed by atoms with Crippen molar-refractivity contribution in [3.05, 3.63) is 29.8 Å². The van der Waals surface area contributed by atoms with Gasteiger partial charge >= 0.3 is 0 Å². The predicted molar refractivity (Wildman–Crippen MR) is 72.4 cm³/mol. The van der Waals surface area contributed by atoms with Crippen LogP contribution in [0, 0.1) is 5.92 Å². The number of hydrogen-bond donors (Lipinski definition) is 2. The molecule has 0 radical (unpaired) electrons. The van der Waals surface area contributed by atoms with Crippen LogP contribution in [0.1, 0.15) is 38.1 Å². The van der Waals surface area contributed by atoms with Crippen molar-refractivity contribution in [1.29, 1.82) is 0 Å². The van der Waals surface area contributed by atoms with Crippen molar-refractivity contribution >= 4 is 11.6 Å². The van der Waals surface area contributed by atoms with Gasteiger partial charge in [0.15, 0.2) is 0 Å². The molecule has 0 saturated heterocycles. The van der Waals surface area contributed by atoms with Crippen LogP contribution in [0.4, 0.5) is 5.69 Å². The van der Waals surface area contributed by atoms with E-state index < -0.39 is 0 Å². The number of benzene rings is 1. The second-order valence-corrected chi connectivity index (χ2v) is 4.62. The molecule has 17 heavy (non-hydrogen) atoms. The van der Waals surface area contributed by atoms with E-state index in [4.69, 9.17) is 0 Å². The molecule has 1 aromatic carbocycles. The van der Waals surface area contributed by atoms with Crippen LogP contribution in [0.25, 0.3) is 0 Å². The molecule has 1 unspecified atom stereocenters. The molecule has 0 aliphatic carbocycles. The summed E-state index contributed by atoms with van der Waals surface area (Å²) in [6, 6.07) is 8.00. The van der Waals surface area contributed by atoms with Crippen LogP contribution < -0.4 is 10.6 Å². The van der Waals surface area contributed by atoms with Gasteiger partial charge in [0.1, 0.15) is 0 Å². The second-order valence-electron chi connectivity index (χ2n) is 4.62. The molecule has 0 aliphatic rings. The van der Waals surface area contributed by atoms with Gasteiger partial charge < -0.3 is 10.6 Å². The van der Waals surface area contributed by atoms with Crippen LogP contribution >= 0.6 is 0 Å². The molecule has 94 valence electrons. The minimum Gasteiger partial charge on any atom is -0.382 e. The Bertz CT molecular complexity index is 374. The fourth-order valence-corrected chi connectivity index (χ4v) is 1.44. The Morgan fingerprint density at radius 1 is 1.29 bits per heavy atom. The Labute approximate surface area is 104 Å². The SMILES string of the molecule is CCNC(=O)c1cccc(NC(C)C(C)C)c1. The fraction of sp³-hybridized carbons (Fsp3) is 0.500. The van der Waals surface area contributed by atoms with Gasteiger partial charge in [-0.15, -0.1) is 0 Å². The summed E-state index contributed by atoms with van der Waals surface area (Å²) >= 11 is 0. The first-order chi connectivity index (χ1) is 8.04. The summed E-state index contributed by atoms with van der Waals surface area (Å²) in [5.74, 6) is 0.538. The third kappa shape index (κ3) is 4.10. The molecule has 3 heteroatoms. The molecule has 1 amide bonds. The monoisotopic (exact) mass is 234 g/mol. The quantitative estimate of drug-likeness (QED) is 0.822. The van der Waals surface area contributed by atoms with Gasteiger partial charge in [0.25, 0.3) is 5.91 Å². The molecule has 0 aliphatic heterocycles. The van der Waals surface area contributed by atoms with E-state index in [0.717, 1.165) is 5.69 Å². The Hall–Kier alpha value is -1.51. The van der Waals surface area contributed by atoms with Gasteiger partial charge in [-0.05, 0) is 38.0 Å². The van der Waals surface area contributed by atoms with E-state index in [-0.39, 0.29) is 5.91 Å². The van der Waals surface area contributed by atoms with E-state index >= 15 is 0 Å². The van der Waals surface area contributed by atoms with Crippen molar-refractivity contribution < 1.29 is 4.79 Å². The average molecular weight is 234 g/mol. The topological polar surface area (TPSA) is 41.1 Å². The zero-order valence-electron chi connectivity index (χ0n) is 11.1. The van der Waals surface area contributed by atoms with Crippen molar-refractivity contribution in [3.8, 4) is 0 Å². The molecule has 0 fully saturated rings. The molecule has 3 nitrogen and oxygen atoms in total. The summed E-state index contributed by atoms with van der Waals surface area (Å²) in [4.78, 5) is 11.7. The summed E-state index contributed by atoms with van der Waals surface area (Å²) in [6.45, 7) is 9.06. The van der Waals surface area contributed by atoms with Crippen LogP contribution in [-0.2, 0) is 0 Å². The van der Waals surface area contributed by atoms with Crippen LogP contribution in [-0.4, -0.2) is 18.5 Å². The van der Waals surface area contributed by atoms with Crippen LogP contribution in [0.2, 0.25) is 0 Å². The first-order valence-electron chi connectivity index (χ1n) is 6.19. The predicted octanol–water partition coefficient (Wildman–Crippen LogP) is 2.89.